The lowest BCUT2D eigenvalue weighted by atomic mass is 9.87. The van der Waals surface area contributed by atoms with Crippen molar-refractivity contribution in [3.8, 4) is 0 Å². The highest BCUT2D eigenvalue weighted by molar-refractivity contribution is 6.30. The van der Waals surface area contributed by atoms with Gasteiger partial charge in [0.05, 0.1) is 17.0 Å². The summed E-state index contributed by atoms with van der Waals surface area (Å²) in [6.07, 6.45) is 4.15. The van der Waals surface area contributed by atoms with Gasteiger partial charge in [-0.05, 0) is 36.8 Å². The number of nitrogens with zero attached hydrogens (tertiary/aromatic N) is 3. The SMILES string of the molecule is CC(C(=O)Nc1ccc(Cl)cn1)N1CCC(F)(F)C(c2ccncc2)C1. The number of amides is 1. The highest BCUT2D eigenvalue weighted by atomic mass is 35.5. The molecule has 0 spiro atoms. The molecule has 138 valence electrons. The number of hydrogen-bond acceptors (Lipinski definition) is 4. The van der Waals surface area contributed by atoms with Crippen molar-refractivity contribution in [1.82, 2.24) is 14.9 Å². The minimum atomic E-state index is -2.81. The predicted molar refractivity (Wildman–Crippen MR) is 95.5 cm³/mol. The molecule has 1 N–H and O–H groups in total. The first-order valence-electron chi connectivity index (χ1n) is 8.31. The molecule has 1 amide bonds. The third kappa shape index (κ3) is 4.16. The molecule has 2 unspecified atom stereocenters. The number of carbonyl (C=O) groups excluding carboxylic acids is 1. The summed E-state index contributed by atoms with van der Waals surface area (Å²) in [5.41, 5.74) is 0.529. The lowest BCUT2D eigenvalue weighted by Gasteiger charge is -2.40. The Morgan fingerprint density at radius 2 is 2.08 bits per heavy atom. The number of piperidine rings is 1. The van der Waals surface area contributed by atoms with E-state index in [1.54, 1.807) is 36.1 Å². The van der Waals surface area contributed by atoms with Gasteiger partial charge in [0, 0.05) is 38.1 Å². The van der Waals surface area contributed by atoms with E-state index in [9.17, 15) is 13.6 Å². The molecule has 1 fully saturated rings. The molecule has 1 saturated heterocycles. The van der Waals surface area contributed by atoms with Gasteiger partial charge in [0.1, 0.15) is 5.82 Å². The summed E-state index contributed by atoms with van der Waals surface area (Å²) >= 11 is 5.77. The second kappa shape index (κ2) is 7.63. The summed E-state index contributed by atoms with van der Waals surface area (Å²) in [5, 5.41) is 3.16. The van der Waals surface area contributed by atoms with Gasteiger partial charge >= 0.3 is 0 Å². The Labute approximate surface area is 155 Å². The van der Waals surface area contributed by atoms with Crippen LogP contribution in [0.3, 0.4) is 0 Å². The molecule has 8 heteroatoms. The molecule has 26 heavy (non-hydrogen) atoms. The Morgan fingerprint density at radius 1 is 1.35 bits per heavy atom. The van der Waals surface area contributed by atoms with Crippen molar-refractivity contribution in [2.75, 3.05) is 18.4 Å². The molecule has 0 bridgehead atoms. The first-order chi connectivity index (χ1) is 12.4. The van der Waals surface area contributed by atoms with Crippen molar-refractivity contribution in [1.29, 1.82) is 0 Å². The van der Waals surface area contributed by atoms with E-state index >= 15 is 0 Å². The summed E-state index contributed by atoms with van der Waals surface area (Å²) in [4.78, 5) is 22.2. The zero-order valence-corrected chi connectivity index (χ0v) is 15.0. The molecule has 2 aromatic rings. The number of nitrogens with one attached hydrogen (secondary N) is 1. The van der Waals surface area contributed by atoms with Crippen molar-refractivity contribution in [2.45, 2.75) is 31.2 Å². The molecule has 0 radical (unpaired) electrons. The average Bonchev–Trinajstić information content (AvgIpc) is 2.63. The maximum atomic E-state index is 14.4. The van der Waals surface area contributed by atoms with Crippen molar-refractivity contribution in [2.24, 2.45) is 0 Å². The predicted octanol–water partition coefficient (Wildman–Crippen LogP) is 3.58. The Balaban J connectivity index is 1.70. The van der Waals surface area contributed by atoms with E-state index in [1.807, 2.05) is 0 Å². The Kier molecular flexibility index (Phi) is 5.48. The third-order valence-electron chi connectivity index (χ3n) is 4.67. The van der Waals surface area contributed by atoms with Gasteiger partial charge in [0.2, 0.25) is 5.91 Å². The average molecular weight is 381 g/mol. The number of anilines is 1. The van der Waals surface area contributed by atoms with Gasteiger partial charge in [0.25, 0.3) is 5.92 Å². The van der Waals surface area contributed by atoms with E-state index in [1.165, 1.54) is 18.6 Å². The molecule has 1 aliphatic rings. The fourth-order valence-corrected chi connectivity index (χ4v) is 3.18. The van der Waals surface area contributed by atoms with Gasteiger partial charge in [-0.1, -0.05) is 11.6 Å². The van der Waals surface area contributed by atoms with Gasteiger partial charge in [-0.15, -0.1) is 0 Å². The monoisotopic (exact) mass is 380 g/mol. The Bertz CT molecular complexity index is 758. The van der Waals surface area contributed by atoms with Gasteiger partial charge in [-0.3, -0.25) is 14.7 Å². The van der Waals surface area contributed by atoms with E-state index in [2.05, 4.69) is 15.3 Å². The lowest BCUT2D eigenvalue weighted by Crippen LogP contribution is -2.52. The third-order valence-corrected chi connectivity index (χ3v) is 4.90. The normalized spacial score (nSPS) is 21.2. The molecule has 3 rings (SSSR count). The first kappa shape index (κ1) is 18.7. The quantitative estimate of drug-likeness (QED) is 0.880. The fraction of sp³-hybridized carbons (Fsp3) is 0.389. The van der Waals surface area contributed by atoms with E-state index in [4.69, 9.17) is 11.6 Å². The minimum Gasteiger partial charge on any atom is -0.309 e. The maximum absolute atomic E-state index is 14.4. The molecule has 1 aliphatic heterocycles. The van der Waals surface area contributed by atoms with Crippen LogP contribution < -0.4 is 5.32 Å². The highest BCUT2D eigenvalue weighted by Crippen LogP contribution is 2.40. The lowest BCUT2D eigenvalue weighted by molar-refractivity contribution is -0.125. The molecule has 3 heterocycles. The van der Waals surface area contributed by atoms with Crippen LogP contribution in [-0.2, 0) is 4.79 Å². The number of hydrogen-bond donors (Lipinski definition) is 1. The summed E-state index contributed by atoms with van der Waals surface area (Å²) < 4.78 is 28.8. The number of alkyl halides is 2. The fourth-order valence-electron chi connectivity index (χ4n) is 3.07. The second-order valence-corrected chi connectivity index (χ2v) is 6.80. The van der Waals surface area contributed by atoms with Crippen LogP contribution in [0.15, 0.2) is 42.9 Å². The van der Waals surface area contributed by atoms with Crippen molar-refractivity contribution >= 4 is 23.3 Å². The molecule has 0 aromatic carbocycles. The van der Waals surface area contributed by atoms with E-state index in [0.29, 0.717) is 16.4 Å². The summed E-state index contributed by atoms with van der Waals surface area (Å²) in [6.45, 7) is 1.95. The standard InChI is InChI=1S/C18H19ClF2N4O/c1-12(17(26)24-16-3-2-14(19)10-23-16)25-9-6-18(20,21)15(11-25)13-4-7-22-8-5-13/h2-5,7-8,10,12,15H,6,9,11H2,1H3,(H,23,24,26). The summed E-state index contributed by atoms with van der Waals surface area (Å²) in [6, 6.07) is 5.86. The molecule has 5 nitrogen and oxygen atoms in total. The van der Waals surface area contributed by atoms with Crippen LogP contribution in [0.25, 0.3) is 0 Å². The van der Waals surface area contributed by atoms with Crippen LogP contribution in [0.2, 0.25) is 5.02 Å². The van der Waals surface area contributed by atoms with Crippen LogP contribution in [-0.4, -0.2) is 45.8 Å². The summed E-state index contributed by atoms with van der Waals surface area (Å²) in [5.74, 6) is -3.70. The van der Waals surface area contributed by atoms with Crippen LogP contribution in [0.5, 0.6) is 0 Å². The topological polar surface area (TPSA) is 58.1 Å². The second-order valence-electron chi connectivity index (χ2n) is 6.37. The molecule has 0 aliphatic carbocycles. The van der Waals surface area contributed by atoms with Crippen molar-refractivity contribution in [3.05, 3.63) is 53.4 Å². The minimum absolute atomic E-state index is 0.0969. The number of pyridine rings is 2. The number of aromatic nitrogens is 2. The molecular formula is C18H19ClF2N4O. The van der Waals surface area contributed by atoms with Crippen LogP contribution in [0.4, 0.5) is 14.6 Å². The number of carbonyl (C=O) groups is 1. The van der Waals surface area contributed by atoms with Crippen molar-refractivity contribution < 1.29 is 13.6 Å². The molecule has 2 aromatic heterocycles. The van der Waals surface area contributed by atoms with E-state index in [0.717, 1.165) is 0 Å². The number of likely N-dealkylation sites (tertiary alicyclic amines) is 1. The number of rotatable bonds is 4. The highest BCUT2D eigenvalue weighted by Gasteiger charge is 2.46. The van der Waals surface area contributed by atoms with Crippen molar-refractivity contribution in [3.63, 3.8) is 0 Å². The smallest absolute Gasteiger partial charge is 0.257 e. The first-order valence-corrected chi connectivity index (χ1v) is 8.69. The zero-order valence-electron chi connectivity index (χ0n) is 14.2. The van der Waals surface area contributed by atoms with Crippen LogP contribution in [0.1, 0.15) is 24.8 Å². The maximum Gasteiger partial charge on any atom is 0.257 e. The molecular weight excluding hydrogens is 362 g/mol. The molecule has 2 atom stereocenters. The Morgan fingerprint density at radius 3 is 2.73 bits per heavy atom. The van der Waals surface area contributed by atoms with Crippen LogP contribution >= 0.6 is 11.6 Å². The van der Waals surface area contributed by atoms with Gasteiger partial charge in [-0.2, -0.15) is 0 Å². The Hall–Kier alpha value is -2.12. The number of halogens is 3. The van der Waals surface area contributed by atoms with Gasteiger partial charge in [-0.25, -0.2) is 13.8 Å². The van der Waals surface area contributed by atoms with E-state index in [-0.39, 0.29) is 25.4 Å². The van der Waals surface area contributed by atoms with Gasteiger partial charge < -0.3 is 5.32 Å². The zero-order chi connectivity index (χ0) is 18.7. The van der Waals surface area contributed by atoms with E-state index < -0.39 is 17.9 Å². The summed E-state index contributed by atoms with van der Waals surface area (Å²) in [7, 11) is 0. The molecule has 0 saturated carbocycles. The van der Waals surface area contributed by atoms with Crippen LogP contribution in [0, 0.1) is 0 Å². The largest absolute Gasteiger partial charge is 0.309 e. The van der Waals surface area contributed by atoms with Gasteiger partial charge in [0.15, 0.2) is 0 Å².